The second-order valence-corrected chi connectivity index (χ2v) is 12.2. The van der Waals surface area contributed by atoms with E-state index in [0.29, 0.717) is 35.4 Å². The van der Waals surface area contributed by atoms with Gasteiger partial charge >= 0.3 is 5.97 Å². The summed E-state index contributed by atoms with van der Waals surface area (Å²) in [5.74, 6) is 7.99. The SMILES string of the molecule is COc1c(C)cnc(Cn2cc(C#Cc3ccc(CN[C@@H](C(=O)Oc4ccccc4)C4CCCC4)cc3)c3c(Cl)nc(N)nc32)c1C. The Kier molecular flexibility index (Phi) is 9.71. The van der Waals surface area contributed by atoms with E-state index in [2.05, 4.69) is 32.1 Å². The Balaban J connectivity index is 1.20. The highest BCUT2D eigenvalue weighted by Crippen LogP contribution is 2.31. The number of fused-ring (bicyclic) bond motifs is 1. The summed E-state index contributed by atoms with van der Waals surface area (Å²) < 4.78 is 13.3. The van der Waals surface area contributed by atoms with Crippen LogP contribution in [0.25, 0.3) is 11.0 Å². The van der Waals surface area contributed by atoms with Crippen LogP contribution in [0.4, 0.5) is 5.95 Å². The Morgan fingerprint density at radius 1 is 1.09 bits per heavy atom. The van der Waals surface area contributed by atoms with E-state index in [9.17, 15) is 4.79 Å². The molecule has 1 saturated carbocycles. The van der Waals surface area contributed by atoms with Gasteiger partial charge in [0.05, 0.1) is 30.3 Å². The summed E-state index contributed by atoms with van der Waals surface area (Å²) in [5.41, 5.74) is 11.9. The van der Waals surface area contributed by atoms with Gasteiger partial charge in [-0.3, -0.25) is 4.98 Å². The number of nitrogens with one attached hydrogen (secondary N) is 1. The lowest BCUT2D eigenvalue weighted by atomic mass is 9.97. The maximum atomic E-state index is 13.2. The molecule has 2 aromatic carbocycles. The van der Waals surface area contributed by atoms with Gasteiger partial charge in [-0.05, 0) is 62.4 Å². The Hall–Kier alpha value is -4.91. The zero-order valence-corrected chi connectivity index (χ0v) is 27.5. The van der Waals surface area contributed by atoms with Gasteiger partial charge in [0, 0.05) is 35.6 Å². The van der Waals surface area contributed by atoms with Gasteiger partial charge in [-0.15, -0.1) is 0 Å². The minimum atomic E-state index is -0.365. The number of aromatic nitrogens is 4. The summed E-state index contributed by atoms with van der Waals surface area (Å²) in [5, 5.41) is 4.35. The van der Waals surface area contributed by atoms with Gasteiger partial charge in [0.15, 0.2) is 0 Å². The molecule has 240 valence electrons. The molecule has 9 nitrogen and oxygen atoms in total. The molecule has 3 heterocycles. The van der Waals surface area contributed by atoms with Gasteiger partial charge < -0.3 is 25.1 Å². The predicted molar refractivity (Wildman–Crippen MR) is 183 cm³/mol. The molecule has 0 unspecified atom stereocenters. The maximum Gasteiger partial charge on any atom is 0.328 e. The maximum absolute atomic E-state index is 13.2. The third-order valence-electron chi connectivity index (χ3n) is 8.67. The number of carbonyl (C=O) groups excluding carboxylic acids is 1. The topological polar surface area (TPSA) is 117 Å². The number of pyridine rings is 1. The van der Waals surface area contributed by atoms with Crippen molar-refractivity contribution >= 4 is 34.6 Å². The third kappa shape index (κ3) is 7.25. The fourth-order valence-corrected chi connectivity index (χ4v) is 6.51. The van der Waals surface area contributed by atoms with Crippen LogP contribution < -0.4 is 20.5 Å². The van der Waals surface area contributed by atoms with Gasteiger partial charge in [0.25, 0.3) is 0 Å². The van der Waals surface area contributed by atoms with Crippen LogP contribution in [0.1, 0.15) is 59.2 Å². The van der Waals surface area contributed by atoms with Crippen LogP contribution in [-0.2, 0) is 17.9 Å². The van der Waals surface area contributed by atoms with Crippen LogP contribution in [0, 0.1) is 31.6 Å². The number of anilines is 1. The highest BCUT2D eigenvalue weighted by atomic mass is 35.5. The van der Waals surface area contributed by atoms with Crippen molar-refractivity contribution in [3.8, 4) is 23.3 Å². The van der Waals surface area contributed by atoms with Crippen LogP contribution in [0.5, 0.6) is 11.5 Å². The van der Waals surface area contributed by atoms with Gasteiger partial charge in [-0.1, -0.05) is 66.6 Å². The summed E-state index contributed by atoms with van der Waals surface area (Å²) in [4.78, 5) is 26.5. The van der Waals surface area contributed by atoms with E-state index in [1.807, 2.05) is 67.1 Å². The fourth-order valence-electron chi connectivity index (χ4n) is 6.24. The standard InChI is InChI=1S/C37H37ClN6O3/c1-23-19-40-30(24(2)33(23)46-3)22-44-21-28(31-34(38)42-37(39)43-35(31)44)18-17-25-13-15-26(16-14-25)20-41-32(27-9-7-8-10-27)36(45)47-29-11-5-4-6-12-29/h4-6,11-16,19,21,27,32,41H,7-10,20,22H2,1-3H3,(H2,39,42,43)/t32-/m1/s1. The first-order chi connectivity index (χ1) is 22.8. The number of nitrogens with two attached hydrogens (primary N) is 1. The predicted octanol–water partition coefficient (Wildman–Crippen LogP) is 6.39. The number of para-hydroxylation sites is 1. The number of esters is 1. The fraction of sp³-hybridized carbons (Fsp3) is 0.297. The number of ether oxygens (including phenoxy) is 2. The first kappa shape index (κ1) is 32.0. The van der Waals surface area contributed by atoms with Crippen molar-refractivity contribution in [3.05, 3.63) is 106 Å². The van der Waals surface area contributed by atoms with E-state index < -0.39 is 0 Å². The second kappa shape index (κ2) is 14.2. The molecule has 0 radical (unpaired) electrons. The van der Waals surface area contributed by atoms with Crippen molar-refractivity contribution in [2.75, 3.05) is 12.8 Å². The van der Waals surface area contributed by atoms with Gasteiger partial charge in [0.2, 0.25) is 5.95 Å². The molecule has 1 fully saturated rings. The van der Waals surface area contributed by atoms with Gasteiger partial charge in [0.1, 0.15) is 28.3 Å². The van der Waals surface area contributed by atoms with E-state index >= 15 is 0 Å². The highest BCUT2D eigenvalue weighted by molar-refractivity contribution is 6.34. The number of hydrogen-bond donors (Lipinski definition) is 2. The Morgan fingerprint density at radius 2 is 1.83 bits per heavy atom. The van der Waals surface area contributed by atoms with Crippen LogP contribution in [0.2, 0.25) is 5.15 Å². The molecule has 1 atom stereocenters. The average Bonchev–Trinajstić information content (AvgIpc) is 3.71. The van der Waals surface area contributed by atoms with Crippen LogP contribution in [0.3, 0.4) is 0 Å². The third-order valence-corrected chi connectivity index (χ3v) is 8.94. The lowest BCUT2D eigenvalue weighted by Gasteiger charge is -2.23. The second-order valence-electron chi connectivity index (χ2n) is 11.9. The monoisotopic (exact) mass is 648 g/mol. The van der Waals surface area contributed by atoms with Crippen LogP contribution >= 0.6 is 11.6 Å². The van der Waals surface area contributed by atoms with Crippen molar-refractivity contribution in [1.82, 2.24) is 24.8 Å². The van der Waals surface area contributed by atoms with Crippen molar-refractivity contribution in [1.29, 1.82) is 0 Å². The zero-order valence-electron chi connectivity index (χ0n) is 26.7. The number of rotatable bonds is 9. The molecule has 0 bridgehead atoms. The summed E-state index contributed by atoms with van der Waals surface area (Å²) in [6, 6.07) is 16.8. The molecular weight excluding hydrogens is 612 g/mol. The largest absolute Gasteiger partial charge is 0.496 e. The number of carbonyl (C=O) groups is 1. The van der Waals surface area contributed by atoms with Gasteiger partial charge in [-0.2, -0.15) is 4.98 Å². The Labute approximate surface area is 279 Å². The van der Waals surface area contributed by atoms with Crippen molar-refractivity contribution in [3.63, 3.8) is 0 Å². The molecule has 0 aliphatic heterocycles. The van der Waals surface area contributed by atoms with Gasteiger partial charge in [-0.25, -0.2) is 9.78 Å². The molecule has 0 saturated heterocycles. The number of aryl methyl sites for hydroxylation is 1. The number of methoxy groups -OCH3 is 1. The number of halogens is 1. The first-order valence-corrected chi connectivity index (χ1v) is 16.1. The van der Waals surface area contributed by atoms with E-state index in [0.717, 1.165) is 59.4 Å². The highest BCUT2D eigenvalue weighted by Gasteiger charge is 2.32. The molecular formula is C37H37ClN6O3. The molecule has 6 rings (SSSR count). The summed E-state index contributed by atoms with van der Waals surface area (Å²) >= 11 is 6.57. The lowest BCUT2D eigenvalue weighted by Crippen LogP contribution is -2.44. The summed E-state index contributed by atoms with van der Waals surface area (Å²) in [7, 11) is 1.66. The molecule has 0 amide bonds. The summed E-state index contributed by atoms with van der Waals surface area (Å²) in [6.45, 7) is 4.92. The van der Waals surface area contributed by atoms with Crippen LogP contribution in [0.15, 0.2) is 67.0 Å². The molecule has 0 spiro atoms. The van der Waals surface area contributed by atoms with E-state index in [1.165, 1.54) is 0 Å². The molecule has 10 heteroatoms. The summed E-state index contributed by atoms with van der Waals surface area (Å²) in [6.07, 6.45) is 8.01. The minimum Gasteiger partial charge on any atom is -0.496 e. The average molecular weight is 649 g/mol. The number of nitrogen functional groups attached to an aromatic ring is 1. The lowest BCUT2D eigenvalue weighted by molar-refractivity contribution is -0.138. The molecule has 3 N–H and O–H groups in total. The molecule has 3 aromatic heterocycles. The Bertz CT molecular complexity index is 1960. The number of hydrogen-bond acceptors (Lipinski definition) is 8. The van der Waals surface area contributed by atoms with E-state index in [4.69, 9.17) is 26.8 Å². The molecule has 1 aliphatic rings. The number of nitrogens with zero attached hydrogens (tertiary/aromatic N) is 4. The van der Waals surface area contributed by atoms with Crippen molar-refractivity contribution in [2.45, 2.75) is 58.7 Å². The first-order valence-electron chi connectivity index (χ1n) is 15.7. The molecule has 1 aliphatic carbocycles. The van der Waals surface area contributed by atoms with Crippen molar-refractivity contribution < 1.29 is 14.3 Å². The normalized spacial score (nSPS) is 13.7. The quantitative estimate of drug-likeness (QED) is 0.0817. The van der Waals surface area contributed by atoms with Crippen molar-refractivity contribution in [2.24, 2.45) is 5.92 Å². The smallest absolute Gasteiger partial charge is 0.328 e. The Morgan fingerprint density at radius 3 is 2.55 bits per heavy atom. The van der Waals surface area contributed by atoms with E-state index in [-0.39, 0.29) is 29.0 Å². The zero-order chi connectivity index (χ0) is 32.9. The number of benzene rings is 2. The molecule has 47 heavy (non-hydrogen) atoms. The van der Waals surface area contributed by atoms with E-state index in [1.54, 1.807) is 25.4 Å². The minimum absolute atomic E-state index is 0.0835. The molecule has 5 aromatic rings. The van der Waals surface area contributed by atoms with Crippen LogP contribution in [-0.4, -0.2) is 38.6 Å².